The van der Waals surface area contributed by atoms with Gasteiger partial charge in [0.25, 0.3) is 0 Å². The van der Waals surface area contributed by atoms with Crippen LogP contribution < -0.4 is 0 Å². The molecule has 0 saturated carbocycles. The summed E-state index contributed by atoms with van der Waals surface area (Å²) in [5.74, 6) is -3.14. The van der Waals surface area contributed by atoms with Crippen LogP contribution in [-0.4, -0.2) is 89.2 Å². The van der Waals surface area contributed by atoms with Gasteiger partial charge in [-0.1, -0.05) is 243 Å². The average Bonchev–Trinajstić information content (AvgIpc) is 3.42. The van der Waals surface area contributed by atoms with Crippen LogP contribution in [0.15, 0.2) is 48.6 Å². The Hall–Kier alpha value is -3.32. The molecule has 0 amide bonds. The van der Waals surface area contributed by atoms with Crippen molar-refractivity contribution in [2.24, 2.45) is 0 Å². The number of aliphatic carboxylic acids is 1. The van der Waals surface area contributed by atoms with Gasteiger partial charge in [0, 0.05) is 19.3 Å². The molecule has 0 aromatic rings. The highest BCUT2D eigenvalue weighted by atomic mass is 16.7. The monoisotopic (exact) mass is 1090 g/mol. The SMILES string of the molecule is CC/C=C\C/C=C\C/C=C\CCCCCC(=O)OC1C(OCC(COC(=O)CCCCCCCCCCC/C=C\CCCCCCCC)OC(=O)CCCCCCCCCCCCCCCCC)OC(C(=O)O)C(O)C1O. The summed E-state index contributed by atoms with van der Waals surface area (Å²) in [7, 11) is 0. The van der Waals surface area contributed by atoms with E-state index in [1.54, 1.807) is 0 Å². The van der Waals surface area contributed by atoms with Crippen LogP contribution in [0.1, 0.15) is 290 Å². The molecule has 1 saturated heterocycles. The number of rotatable bonds is 54. The lowest BCUT2D eigenvalue weighted by molar-refractivity contribution is -0.301. The lowest BCUT2D eigenvalue weighted by Crippen LogP contribution is -2.61. The second-order valence-electron chi connectivity index (χ2n) is 21.7. The van der Waals surface area contributed by atoms with Crippen LogP contribution in [0, 0.1) is 0 Å². The first-order chi connectivity index (χ1) is 37.6. The van der Waals surface area contributed by atoms with Crippen LogP contribution in [0.2, 0.25) is 0 Å². The van der Waals surface area contributed by atoms with Crippen molar-refractivity contribution in [1.82, 2.24) is 0 Å². The fraction of sp³-hybridized carbons (Fsp3) is 0.815. The molecule has 12 nitrogen and oxygen atoms in total. The molecule has 3 N–H and O–H groups in total. The van der Waals surface area contributed by atoms with Gasteiger partial charge in [-0.25, -0.2) is 4.79 Å². The zero-order valence-electron chi connectivity index (χ0n) is 49.2. The van der Waals surface area contributed by atoms with E-state index in [9.17, 15) is 34.5 Å². The molecular formula is C65H114O12. The summed E-state index contributed by atoms with van der Waals surface area (Å²) in [5, 5.41) is 31.5. The van der Waals surface area contributed by atoms with Crippen molar-refractivity contribution >= 4 is 23.9 Å². The molecule has 0 bridgehead atoms. The van der Waals surface area contributed by atoms with Gasteiger partial charge < -0.3 is 39.0 Å². The number of esters is 3. The van der Waals surface area contributed by atoms with E-state index in [1.165, 1.54) is 154 Å². The maximum Gasteiger partial charge on any atom is 0.335 e. The Morgan fingerprint density at radius 3 is 1.27 bits per heavy atom. The summed E-state index contributed by atoms with van der Waals surface area (Å²) < 4.78 is 28.5. The van der Waals surface area contributed by atoms with Gasteiger partial charge in [-0.05, 0) is 77.0 Å². The molecule has 0 aromatic carbocycles. The van der Waals surface area contributed by atoms with Gasteiger partial charge in [0.05, 0.1) is 6.61 Å². The van der Waals surface area contributed by atoms with Crippen molar-refractivity contribution in [2.75, 3.05) is 13.2 Å². The number of carbonyl (C=O) groups is 4. The number of hydrogen-bond donors (Lipinski definition) is 3. The van der Waals surface area contributed by atoms with Crippen molar-refractivity contribution in [3.63, 3.8) is 0 Å². The second-order valence-corrected chi connectivity index (χ2v) is 21.7. The van der Waals surface area contributed by atoms with Crippen molar-refractivity contribution in [3.8, 4) is 0 Å². The molecule has 0 spiro atoms. The Balaban J connectivity index is 2.66. The molecule has 0 radical (unpaired) electrons. The van der Waals surface area contributed by atoms with Gasteiger partial charge in [0.1, 0.15) is 18.8 Å². The molecule has 77 heavy (non-hydrogen) atoms. The van der Waals surface area contributed by atoms with Gasteiger partial charge in [-0.3, -0.25) is 14.4 Å². The molecule has 6 unspecified atom stereocenters. The first-order valence-electron chi connectivity index (χ1n) is 31.6. The van der Waals surface area contributed by atoms with Gasteiger partial charge in [-0.15, -0.1) is 0 Å². The van der Waals surface area contributed by atoms with Crippen molar-refractivity contribution < 1.29 is 58.2 Å². The molecule has 446 valence electrons. The van der Waals surface area contributed by atoms with E-state index in [0.717, 1.165) is 77.0 Å². The van der Waals surface area contributed by atoms with Gasteiger partial charge in [0.15, 0.2) is 24.6 Å². The van der Waals surface area contributed by atoms with Crippen LogP contribution in [0.25, 0.3) is 0 Å². The van der Waals surface area contributed by atoms with E-state index < -0.39 is 67.3 Å². The van der Waals surface area contributed by atoms with Gasteiger partial charge in [0.2, 0.25) is 0 Å². The predicted octanol–water partition coefficient (Wildman–Crippen LogP) is 16.6. The zero-order chi connectivity index (χ0) is 56.1. The molecule has 1 rings (SSSR count). The van der Waals surface area contributed by atoms with Crippen molar-refractivity contribution in [2.45, 2.75) is 327 Å². The maximum atomic E-state index is 13.2. The number of carbonyl (C=O) groups excluding carboxylic acids is 3. The Labute approximate surface area is 469 Å². The Morgan fingerprint density at radius 1 is 0.442 bits per heavy atom. The number of aliphatic hydroxyl groups excluding tert-OH is 2. The maximum absolute atomic E-state index is 13.2. The minimum absolute atomic E-state index is 0.0271. The van der Waals surface area contributed by atoms with E-state index >= 15 is 0 Å². The Kier molecular flexibility index (Phi) is 49.7. The number of carboxylic acid groups (broad SMARTS) is 1. The quantitative estimate of drug-likeness (QED) is 0.0228. The van der Waals surface area contributed by atoms with Crippen LogP contribution >= 0.6 is 0 Å². The van der Waals surface area contributed by atoms with Crippen LogP contribution in [0.3, 0.4) is 0 Å². The molecular weight excluding hydrogens is 973 g/mol. The van der Waals surface area contributed by atoms with Crippen LogP contribution in [0.5, 0.6) is 0 Å². The molecule has 1 fully saturated rings. The molecule has 0 aromatic heterocycles. The third kappa shape index (κ3) is 43.2. The number of aliphatic hydroxyl groups is 2. The number of allylic oxidation sites excluding steroid dienone is 8. The standard InChI is InChI=1S/C65H114O12/c1-4-7-10-13-16-19-22-25-27-28-29-30-32-34-36-39-42-45-48-51-57(66)73-54-56(75-58(67)52-49-46-43-40-38-35-31-26-23-20-17-14-11-8-5-2)55-74-65-63(61(70)60(69)62(77-65)64(71)72)76-59(68)53-50-47-44-41-37-33-24-21-18-15-12-9-6-3/h9,12,18,21,25,27,33,37,56,60-63,65,69-70H,4-8,10-11,13-17,19-20,22-24,26,28-32,34-36,38-55H2,1-3H3,(H,71,72)/b12-9-,21-18-,27-25-,37-33-. The highest BCUT2D eigenvalue weighted by Gasteiger charge is 2.50. The third-order valence-corrected chi connectivity index (χ3v) is 14.4. The highest BCUT2D eigenvalue weighted by Crippen LogP contribution is 2.27. The zero-order valence-corrected chi connectivity index (χ0v) is 49.2. The van der Waals surface area contributed by atoms with Crippen molar-refractivity contribution in [3.05, 3.63) is 48.6 Å². The predicted molar refractivity (Wildman–Crippen MR) is 312 cm³/mol. The molecule has 1 aliphatic heterocycles. The number of hydrogen-bond acceptors (Lipinski definition) is 11. The van der Waals surface area contributed by atoms with Crippen molar-refractivity contribution in [1.29, 1.82) is 0 Å². The van der Waals surface area contributed by atoms with E-state index in [4.69, 9.17) is 23.7 Å². The highest BCUT2D eigenvalue weighted by molar-refractivity contribution is 5.74. The lowest BCUT2D eigenvalue weighted by Gasteiger charge is -2.40. The fourth-order valence-corrected chi connectivity index (χ4v) is 9.56. The molecule has 1 heterocycles. The normalized spacial score (nSPS) is 18.3. The first-order valence-corrected chi connectivity index (χ1v) is 31.6. The summed E-state index contributed by atoms with van der Waals surface area (Å²) in [6.45, 7) is 5.89. The summed E-state index contributed by atoms with van der Waals surface area (Å²) in [6.07, 6.45) is 52.2. The molecule has 1 aliphatic rings. The Morgan fingerprint density at radius 2 is 0.818 bits per heavy atom. The minimum atomic E-state index is -1.91. The van der Waals surface area contributed by atoms with E-state index in [2.05, 4.69) is 69.4 Å². The summed E-state index contributed by atoms with van der Waals surface area (Å²) in [6, 6.07) is 0. The number of carboxylic acids is 1. The first kappa shape index (κ1) is 71.7. The summed E-state index contributed by atoms with van der Waals surface area (Å²) in [5.41, 5.74) is 0. The number of unbranched alkanes of at least 4 members (excludes halogenated alkanes) is 32. The van der Waals surface area contributed by atoms with E-state index in [0.29, 0.717) is 19.3 Å². The average molecular weight is 1090 g/mol. The Bertz CT molecular complexity index is 1520. The summed E-state index contributed by atoms with van der Waals surface area (Å²) >= 11 is 0. The summed E-state index contributed by atoms with van der Waals surface area (Å²) in [4.78, 5) is 51.2. The lowest BCUT2D eigenvalue weighted by atomic mass is 9.98. The second kappa shape index (κ2) is 53.3. The molecule has 0 aliphatic carbocycles. The van der Waals surface area contributed by atoms with Crippen LogP contribution in [0.4, 0.5) is 0 Å². The topological polar surface area (TPSA) is 175 Å². The minimum Gasteiger partial charge on any atom is -0.479 e. The van der Waals surface area contributed by atoms with Gasteiger partial charge >= 0.3 is 23.9 Å². The van der Waals surface area contributed by atoms with E-state index in [1.807, 2.05) is 0 Å². The smallest absolute Gasteiger partial charge is 0.335 e. The fourth-order valence-electron chi connectivity index (χ4n) is 9.56. The molecule has 12 heteroatoms. The third-order valence-electron chi connectivity index (χ3n) is 14.4. The number of ether oxygens (including phenoxy) is 5. The van der Waals surface area contributed by atoms with E-state index in [-0.39, 0.29) is 25.9 Å². The molecule has 6 atom stereocenters. The largest absolute Gasteiger partial charge is 0.479 e. The van der Waals surface area contributed by atoms with Gasteiger partial charge in [-0.2, -0.15) is 0 Å². The van der Waals surface area contributed by atoms with Crippen LogP contribution in [-0.2, 0) is 42.9 Å².